The smallest absolute Gasteiger partial charge is 0.350 e. The first-order valence-corrected chi connectivity index (χ1v) is 15.5. The molecule has 7 heteroatoms. The maximum Gasteiger partial charge on any atom is 0.350 e. The molecule has 0 saturated carbocycles. The Balaban J connectivity index is 1.13. The zero-order chi connectivity index (χ0) is 31.8. The van der Waals surface area contributed by atoms with E-state index in [0.29, 0.717) is 16.5 Å². The first kappa shape index (κ1) is 29.2. The van der Waals surface area contributed by atoms with Crippen LogP contribution in [0.3, 0.4) is 0 Å². The molecule has 0 radical (unpaired) electrons. The van der Waals surface area contributed by atoms with Crippen molar-refractivity contribution in [2.75, 3.05) is 0 Å². The third-order valence-electron chi connectivity index (χ3n) is 8.61. The molecule has 0 aliphatic heterocycles. The molecule has 0 saturated heterocycles. The first-order chi connectivity index (χ1) is 22.4. The van der Waals surface area contributed by atoms with Gasteiger partial charge in [-0.15, -0.1) is 0 Å². The number of hydrogen-bond acceptors (Lipinski definition) is 7. The minimum Gasteiger partial charge on any atom is -0.456 e. The Bertz CT molecular complexity index is 2400. The lowest BCUT2D eigenvalue weighted by molar-refractivity contribution is 0.484. The lowest BCUT2D eigenvalue weighted by Crippen LogP contribution is -1.97. The number of unbranched alkanes of at least 4 members (excludes halogenated alkanes) is 4. The highest BCUT2D eigenvalue weighted by molar-refractivity contribution is 6.09. The molecular weight excluding hydrogens is 580 g/mol. The average Bonchev–Trinajstić information content (AvgIpc) is 3.52. The van der Waals surface area contributed by atoms with E-state index in [2.05, 4.69) is 55.5 Å². The van der Waals surface area contributed by atoms with E-state index >= 15 is 0 Å². The second-order valence-corrected chi connectivity index (χ2v) is 11.7. The third-order valence-corrected chi connectivity index (χ3v) is 8.61. The van der Waals surface area contributed by atoms with E-state index < -0.39 is 22.5 Å². The molecule has 0 aliphatic rings. The average molecular weight is 611 g/mol. The molecule has 46 heavy (non-hydrogen) atoms. The van der Waals surface area contributed by atoms with E-state index in [4.69, 9.17) is 13.6 Å². The number of aryl methyl sites for hydroxylation is 1. The fraction of sp³-hybridized carbons (Fsp3) is 0.179. The van der Waals surface area contributed by atoms with Gasteiger partial charge in [0.15, 0.2) is 5.75 Å². The molecular formula is C39H30O7. The molecule has 7 nitrogen and oxygen atoms in total. The molecule has 0 aliphatic carbocycles. The van der Waals surface area contributed by atoms with Gasteiger partial charge in [0.2, 0.25) is 0 Å². The predicted molar refractivity (Wildman–Crippen MR) is 181 cm³/mol. The monoisotopic (exact) mass is 610 g/mol. The lowest BCUT2D eigenvalue weighted by atomic mass is 9.98. The van der Waals surface area contributed by atoms with Crippen molar-refractivity contribution >= 4 is 32.3 Å². The third kappa shape index (κ3) is 5.45. The zero-order valence-electron chi connectivity index (χ0n) is 25.3. The van der Waals surface area contributed by atoms with Gasteiger partial charge in [-0.3, -0.25) is 0 Å². The van der Waals surface area contributed by atoms with Gasteiger partial charge in [-0.25, -0.2) is 19.2 Å². The lowest BCUT2D eigenvalue weighted by Gasteiger charge is -2.11. The second-order valence-electron chi connectivity index (χ2n) is 11.7. The highest BCUT2D eigenvalue weighted by atomic mass is 16.5. The summed E-state index contributed by atoms with van der Waals surface area (Å²) < 4.78 is 15.8. The van der Waals surface area contributed by atoms with Gasteiger partial charge >= 0.3 is 22.5 Å². The Hall–Kier alpha value is -5.56. The fourth-order valence-electron chi connectivity index (χ4n) is 6.09. The van der Waals surface area contributed by atoms with Crippen LogP contribution in [-0.4, -0.2) is 0 Å². The van der Waals surface area contributed by atoms with Crippen molar-refractivity contribution in [3.63, 3.8) is 0 Å². The first-order valence-electron chi connectivity index (χ1n) is 15.5. The van der Waals surface area contributed by atoms with Crippen LogP contribution < -0.4 is 27.2 Å². The minimum absolute atomic E-state index is 0.0268. The van der Waals surface area contributed by atoms with Gasteiger partial charge in [-0.1, -0.05) is 93.3 Å². The largest absolute Gasteiger partial charge is 0.456 e. The Labute approximate surface area is 263 Å². The van der Waals surface area contributed by atoms with Gasteiger partial charge in [0.1, 0.15) is 11.1 Å². The van der Waals surface area contributed by atoms with Crippen molar-refractivity contribution in [3.8, 4) is 33.8 Å². The van der Waals surface area contributed by atoms with Gasteiger partial charge < -0.3 is 13.6 Å². The van der Waals surface area contributed by atoms with Crippen LogP contribution in [-0.2, 0) is 6.42 Å². The molecule has 0 N–H and O–H groups in total. The Morgan fingerprint density at radius 2 is 1.02 bits per heavy atom. The van der Waals surface area contributed by atoms with Crippen molar-refractivity contribution in [2.24, 2.45) is 0 Å². The van der Waals surface area contributed by atoms with Gasteiger partial charge in [-0.05, 0) is 76.4 Å². The quantitative estimate of drug-likeness (QED) is 0.144. The molecule has 228 valence electrons. The van der Waals surface area contributed by atoms with E-state index in [0.717, 1.165) is 23.1 Å². The summed E-state index contributed by atoms with van der Waals surface area (Å²) in [6, 6.07) is 28.9. The van der Waals surface area contributed by atoms with E-state index in [9.17, 15) is 19.2 Å². The predicted octanol–water partition coefficient (Wildman–Crippen LogP) is 8.29. The van der Waals surface area contributed by atoms with E-state index in [1.807, 2.05) is 12.1 Å². The summed E-state index contributed by atoms with van der Waals surface area (Å²) in [4.78, 5) is 49.5. The molecule has 0 bridgehead atoms. The fourth-order valence-corrected chi connectivity index (χ4v) is 6.09. The van der Waals surface area contributed by atoms with Crippen LogP contribution >= 0.6 is 0 Å². The van der Waals surface area contributed by atoms with Crippen LogP contribution in [0.25, 0.3) is 54.6 Å². The zero-order valence-corrected chi connectivity index (χ0v) is 25.3. The van der Waals surface area contributed by atoms with E-state index in [1.54, 1.807) is 12.1 Å². The van der Waals surface area contributed by atoms with Gasteiger partial charge in [-0.2, -0.15) is 0 Å². The van der Waals surface area contributed by atoms with Crippen molar-refractivity contribution in [2.45, 2.75) is 45.4 Å². The number of ether oxygens (including phenoxy) is 1. The highest BCUT2D eigenvalue weighted by Crippen LogP contribution is 2.37. The second kappa shape index (κ2) is 12.1. The summed E-state index contributed by atoms with van der Waals surface area (Å²) in [7, 11) is 0. The molecule has 2 aromatic heterocycles. The number of benzene rings is 5. The molecule has 0 fully saturated rings. The summed E-state index contributed by atoms with van der Waals surface area (Å²) in [6.07, 6.45) is 7.52. The normalized spacial score (nSPS) is 11.6. The molecule has 7 aromatic rings. The van der Waals surface area contributed by atoms with Crippen LogP contribution in [0.4, 0.5) is 0 Å². The topological polar surface area (TPSA) is 104 Å². The van der Waals surface area contributed by atoms with Crippen molar-refractivity contribution in [3.05, 3.63) is 138 Å². The molecule has 0 spiro atoms. The minimum atomic E-state index is -0.843. The Morgan fingerprint density at radius 3 is 1.65 bits per heavy atom. The van der Waals surface area contributed by atoms with Gasteiger partial charge in [0.25, 0.3) is 0 Å². The van der Waals surface area contributed by atoms with Crippen LogP contribution in [0, 0.1) is 0 Å². The summed E-state index contributed by atoms with van der Waals surface area (Å²) in [5, 5.41) is 0.943. The standard InChI is InChI=1S/C39H30O7/c1-2-3-4-5-6-7-23-8-10-24(11-9-23)25-12-14-26(15-13-25)27-16-18-29(19-17-27)44-35-30-22-32-31(36(40)45-37(32)41)20-28(30)21-33-34(35)39(43)46-38(33)42/h8-22H,2-7H2,1H3. The molecule has 0 unspecified atom stereocenters. The number of rotatable bonds is 10. The van der Waals surface area contributed by atoms with E-state index in [-0.39, 0.29) is 27.3 Å². The van der Waals surface area contributed by atoms with Crippen LogP contribution in [0.5, 0.6) is 11.5 Å². The van der Waals surface area contributed by atoms with Crippen molar-refractivity contribution in [1.29, 1.82) is 0 Å². The van der Waals surface area contributed by atoms with Crippen LogP contribution in [0.1, 0.15) is 44.6 Å². The van der Waals surface area contributed by atoms with Gasteiger partial charge in [0.05, 0.1) is 16.2 Å². The van der Waals surface area contributed by atoms with Crippen molar-refractivity contribution < 1.29 is 13.6 Å². The Kier molecular flexibility index (Phi) is 7.66. The van der Waals surface area contributed by atoms with E-state index in [1.165, 1.54) is 61.4 Å². The number of hydrogen-bond donors (Lipinski definition) is 0. The molecule has 5 aromatic carbocycles. The van der Waals surface area contributed by atoms with Gasteiger partial charge in [0, 0.05) is 5.39 Å². The molecule has 7 rings (SSSR count). The highest BCUT2D eigenvalue weighted by Gasteiger charge is 2.21. The summed E-state index contributed by atoms with van der Waals surface area (Å²) in [5.74, 6) is 0.477. The number of furan rings is 2. The maximum absolute atomic E-state index is 12.7. The van der Waals surface area contributed by atoms with Crippen molar-refractivity contribution in [1.82, 2.24) is 0 Å². The molecule has 0 atom stereocenters. The Morgan fingerprint density at radius 1 is 0.522 bits per heavy atom. The maximum atomic E-state index is 12.7. The van der Waals surface area contributed by atoms with Crippen LogP contribution in [0.2, 0.25) is 0 Å². The molecule has 0 amide bonds. The van der Waals surface area contributed by atoms with Crippen LogP contribution in [0.15, 0.2) is 119 Å². The SMILES string of the molecule is CCCCCCCc1ccc(-c2ccc(-c3ccc(Oc4c5cc6c(=O)oc(=O)c6cc5cc5c(=O)oc(=O)c45)cc3)cc2)cc1. The summed E-state index contributed by atoms with van der Waals surface area (Å²) in [5.41, 5.74) is 2.48. The molecule has 2 heterocycles. The number of fused-ring (bicyclic) bond motifs is 3. The summed E-state index contributed by atoms with van der Waals surface area (Å²) in [6.45, 7) is 2.24. The summed E-state index contributed by atoms with van der Waals surface area (Å²) >= 11 is 0.